The third-order valence-corrected chi connectivity index (χ3v) is 3.65. The number of methoxy groups -OCH3 is 1. The van der Waals surface area contributed by atoms with E-state index in [-0.39, 0.29) is 12.0 Å². The Morgan fingerprint density at radius 3 is 2.67 bits per heavy atom. The van der Waals surface area contributed by atoms with Gasteiger partial charge in [0.05, 0.1) is 16.8 Å². The van der Waals surface area contributed by atoms with Crippen LogP contribution >= 0.6 is 11.6 Å². The van der Waals surface area contributed by atoms with Crippen molar-refractivity contribution >= 4 is 23.2 Å². The summed E-state index contributed by atoms with van der Waals surface area (Å²) < 4.78 is 5.28. The van der Waals surface area contributed by atoms with Crippen molar-refractivity contribution in [1.29, 1.82) is 0 Å². The molecular weight excluding hydrogens is 252 g/mol. The molecule has 1 saturated heterocycles. The second kappa shape index (κ2) is 5.59. The summed E-state index contributed by atoms with van der Waals surface area (Å²) >= 11 is 5.84. The van der Waals surface area contributed by atoms with Crippen LogP contribution in [-0.4, -0.2) is 37.1 Å². The molecule has 1 fully saturated rings. The maximum atomic E-state index is 12.2. The van der Waals surface area contributed by atoms with E-state index < -0.39 is 0 Å². The fourth-order valence-corrected chi connectivity index (χ4v) is 2.27. The lowest BCUT2D eigenvalue weighted by atomic mass is 10.1. The molecule has 18 heavy (non-hydrogen) atoms. The molecule has 0 aliphatic carbocycles. The number of benzene rings is 1. The van der Waals surface area contributed by atoms with Crippen molar-refractivity contribution in [3.8, 4) is 0 Å². The molecule has 0 atom stereocenters. The molecule has 1 aromatic carbocycles. The van der Waals surface area contributed by atoms with Crippen LogP contribution in [-0.2, 0) is 4.74 Å². The molecule has 1 aliphatic heterocycles. The van der Waals surface area contributed by atoms with Gasteiger partial charge in [-0.15, -0.1) is 0 Å². The SMILES string of the molecule is COC1CCN(C(=O)c2ccc(Cl)c(N)c2)CC1. The van der Waals surface area contributed by atoms with Gasteiger partial charge < -0.3 is 15.4 Å². The zero-order chi connectivity index (χ0) is 13.1. The van der Waals surface area contributed by atoms with Crippen LogP contribution in [0.5, 0.6) is 0 Å². The Balaban J connectivity index is 2.05. The lowest BCUT2D eigenvalue weighted by Crippen LogP contribution is -2.40. The van der Waals surface area contributed by atoms with Crippen LogP contribution in [0.3, 0.4) is 0 Å². The number of likely N-dealkylation sites (tertiary alicyclic amines) is 1. The largest absolute Gasteiger partial charge is 0.398 e. The summed E-state index contributed by atoms with van der Waals surface area (Å²) in [6.07, 6.45) is 2.03. The maximum absolute atomic E-state index is 12.2. The van der Waals surface area contributed by atoms with Gasteiger partial charge >= 0.3 is 0 Å². The van der Waals surface area contributed by atoms with E-state index >= 15 is 0 Å². The van der Waals surface area contributed by atoms with E-state index in [2.05, 4.69) is 0 Å². The van der Waals surface area contributed by atoms with Gasteiger partial charge in [-0.2, -0.15) is 0 Å². The minimum Gasteiger partial charge on any atom is -0.398 e. The number of nitrogen functional groups attached to an aromatic ring is 1. The third kappa shape index (κ3) is 2.76. The van der Waals surface area contributed by atoms with Crippen molar-refractivity contribution in [2.24, 2.45) is 0 Å². The van der Waals surface area contributed by atoms with Crippen molar-refractivity contribution in [3.05, 3.63) is 28.8 Å². The van der Waals surface area contributed by atoms with Crippen molar-refractivity contribution in [1.82, 2.24) is 4.90 Å². The predicted molar refractivity (Wildman–Crippen MR) is 71.8 cm³/mol. The summed E-state index contributed by atoms with van der Waals surface area (Å²) in [6, 6.07) is 5.00. The van der Waals surface area contributed by atoms with Crippen LogP contribution in [0.25, 0.3) is 0 Å². The Hall–Kier alpha value is -1.26. The highest BCUT2D eigenvalue weighted by Crippen LogP contribution is 2.22. The van der Waals surface area contributed by atoms with E-state index in [1.165, 1.54) is 0 Å². The van der Waals surface area contributed by atoms with E-state index in [0.717, 1.165) is 25.9 Å². The number of carbonyl (C=O) groups excluding carboxylic acids is 1. The number of nitrogens with zero attached hydrogens (tertiary/aromatic N) is 1. The molecule has 0 unspecified atom stereocenters. The van der Waals surface area contributed by atoms with Crippen LogP contribution < -0.4 is 5.73 Å². The Morgan fingerprint density at radius 2 is 2.11 bits per heavy atom. The highest BCUT2D eigenvalue weighted by Gasteiger charge is 2.23. The van der Waals surface area contributed by atoms with Crippen molar-refractivity contribution < 1.29 is 9.53 Å². The zero-order valence-corrected chi connectivity index (χ0v) is 11.1. The molecule has 0 spiro atoms. The number of hydrogen-bond donors (Lipinski definition) is 1. The molecule has 98 valence electrons. The lowest BCUT2D eigenvalue weighted by molar-refractivity contribution is 0.0351. The van der Waals surface area contributed by atoms with Gasteiger partial charge in [-0.05, 0) is 31.0 Å². The van der Waals surface area contributed by atoms with Gasteiger partial charge in [0.15, 0.2) is 0 Å². The number of halogens is 1. The fraction of sp³-hybridized carbons (Fsp3) is 0.462. The number of nitrogens with two attached hydrogens (primary N) is 1. The number of ether oxygens (including phenoxy) is 1. The first-order valence-corrected chi connectivity index (χ1v) is 6.36. The normalized spacial score (nSPS) is 16.9. The number of piperidine rings is 1. The van der Waals surface area contributed by atoms with E-state index in [4.69, 9.17) is 22.1 Å². The molecule has 1 amide bonds. The van der Waals surface area contributed by atoms with Gasteiger partial charge in [-0.1, -0.05) is 11.6 Å². The summed E-state index contributed by atoms with van der Waals surface area (Å²) in [5.41, 5.74) is 6.74. The first-order chi connectivity index (χ1) is 8.61. The third-order valence-electron chi connectivity index (χ3n) is 3.31. The minimum absolute atomic E-state index is 0.00733. The molecule has 0 aromatic heterocycles. The second-order valence-electron chi connectivity index (χ2n) is 4.46. The number of amides is 1. The molecule has 4 nitrogen and oxygen atoms in total. The summed E-state index contributed by atoms with van der Waals surface area (Å²) in [7, 11) is 1.71. The summed E-state index contributed by atoms with van der Waals surface area (Å²) in [6.45, 7) is 1.44. The highest BCUT2D eigenvalue weighted by atomic mass is 35.5. The van der Waals surface area contributed by atoms with Crippen molar-refractivity contribution in [2.45, 2.75) is 18.9 Å². The highest BCUT2D eigenvalue weighted by molar-refractivity contribution is 6.33. The molecule has 1 aromatic rings. The van der Waals surface area contributed by atoms with Gasteiger partial charge in [0.2, 0.25) is 0 Å². The molecule has 0 radical (unpaired) electrons. The van der Waals surface area contributed by atoms with Gasteiger partial charge in [-0.3, -0.25) is 4.79 Å². The van der Waals surface area contributed by atoms with Crippen LogP contribution in [0.4, 0.5) is 5.69 Å². The summed E-state index contributed by atoms with van der Waals surface area (Å²) in [5, 5.41) is 0.477. The smallest absolute Gasteiger partial charge is 0.253 e. The molecule has 2 rings (SSSR count). The quantitative estimate of drug-likeness (QED) is 0.837. The number of rotatable bonds is 2. The lowest BCUT2D eigenvalue weighted by Gasteiger charge is -2.31. The summed E-state index contributed by atoms with van der Waals surface area (Å²) in [5.74, 6) is 0.00733. The minimum atomic E-state index is 0.00733. The van der Waals surface area contributed by atoms with E-state index in [0.29, 0.717) is 16.3 Å². The van der Waals surface area contributed by atoms with Crippen LogP contribution in [0.2, 0.25) is 5.02 Å². The second-order valence-corrected chi connectivity index (χ2v) is 4.87. The Bertz CT molecular complexity index is 443. The fourth-order valence-electron chi connectivity index (χ4n) is 2.15. The predicted octanol–water partition coefficient (Wildman–Crippen LogP) is 2.17. The van der Waals surface area contributed by atoms with E-state index in [9.17, 15) is 4.79 Å². The maximum Gasteiger partial charge on any atom is 0.253 e. The Morgan fingerprint density at radius 1 is 1.44 bits per heavy atom. The molecule has 0 saturated carbocycles. The first-order valence-electron chi connectivity index (χ1n) is 5.99. The number of hydrogen-bond acceptors (Lipinski definition) is 3. The molecular formula is C13H17ClN2O2. The van der Waals surface area contributed by atoms with Crippen molar-refractivity contribution in [3.63, 3.8) is 0 Å². The van der Waals surface area contributed by atoms with E-state index in [1.807, 2.05) is 4.90 Å². The molecule has 1 aliphatic rings. The number of anilines is 1. The first kappa shape index (κ1) is 13.2. The molecule has 1 heterocycles. The van der Waals surface area contributed by atoms with Gasteiger partial charge in [-0.25, -0.2) is 0 Å². The van der Waals surface area contributed by atoms with Crippen LogP contribution in [0, 0.1) is 0 Å². The Labute approximate surface area is 112 Å². The van der Waals surface area contributed by atoms with Crippen LogP contribution in [0.15, 0.2) is 18.2 Å². The number of carbonyl (C=O) groups is 1. The molecule has 5 heteroatoms. The van der Waals surface area contributed by atoms with Crippen LogP contribution in [0.1, 0.15) is 23.2 Å². The van der Waals surface area contributed by atoms with E-state index in [1.54, 1.807) is 25.3 Å². The van der Waals surface area contributed by atoms with Gasteiger partial charge in [0.1, 0.15) is 0 Å². The van der Waals surface area contributed by atoms with Gasteiger partial charge in [0.25, 0.3) is 5.91 Å². The van der Waals surface area contributed by atoms with Gasteiger partial charge in [0, 0.05) is 25.8 Å². The molecule has 2 N–H and O–H groups in total. The monoisotopic (exact) mass is 268 g/mol. The average Bonchev–Trinajstić information content (AvgIpc) is 2.41. The average molecular weight is 269 g/mol. The topological polar surface area (TPSA) is 55.6 Å². The standard InChI is InChI=1S/C13H17ClN2O2/c1-18-10-4-6-16(7-5-10)13(17)9-2-3-11(14)12(15)8-9/h2-3,8,10H,4-7,15H2,1H3. The van der Waals surface area contributed by atoms with Crippen molar-refractivity contribution in [2.75, 3.05) is 25.9 Å². The Kier molecular flexibility index (Phi) is 4.09. The molecule has 0 bridgehead atoms. The summed E-state index contributed by atoms with van der Waals surface area (Å²) in [4.78, 5) is 14.1. The zero-order valence-electron chi connectivity index (χ0n) is 10.4.